The number of Topliss-reactive ketones (excluding diaryl/α,β-unsaturated/α-hetero) is 1. The molecule has 0 heterocycles. The van der Waals surface area contributed by atoms with Gasteiger partial charge in [-0.3, -0.25) is 19.7 Å². The van der Waals surface area contributed by atoms with E-state index in [4.69, 9.17) is 4.74 Å². The SMILES string of the molecule is CCCCOC(=O)[C@]1(C(C)=O)C[C@](O)(c2ccccc2)[C@@H]([N+](=O)[O-])[C@@H]1c1ccccc1. The van der Waals surface area contributed by atoms with E-state index >= 15 is 0 Å². The summed E-state index contributed by atoms with van der Waals surface area (Å²) < 4.78 is 5.45. The van der Waals surface area contributed by atoms with Gasteiger partial charge in [0.15, 0.2) is 5.60 Å². The lowest BCUT2D eigenvalue weighted by atomic mass is 9.70. The number of nitrogens with zero attached hydrogens (tertiary/aromatic N) is 1. The van der Waals surface area contributed by atoms with Gasteiger partial charge in [-0.05, 0) is 24.5 Å². The van der Waals surface area contributed by atoms with Gasteiger partial charge in [-0.1, -0.05) is 74.0 Å². The lowest BCUT2D eigenvalue weighted by Crippen LogP contribution is -2.45. The summed E-state index contributed by atoms with van der Waals surface area (Å²) in [6, 6.07) is 15.0. The van der Waals surface area contributed by atoms with Gasteiger partial charge < -0.3 is 9.84 Å². The molecule has 1 aliphatic carbocycles. The zero-order valence-electron chi connectivity index (χ0n) is 17.7. The first-order chi connectivity index (χ1) is 14.8. The number of carbonyl (C=O) groups excluding carboxylic acids is 2. The van der Waals surface area contributed by atoms with E-state index in [0.29, 0.717) is 17.5 Å². The molecular formula is C24H27NO6. The highest BCUT2D eigenvalue weighted by Gasteiger charge is 2.73. The summed E-state index contributed by atoms with van der Waals surface area (Å²) in [5.74, 6) is -2.55. The molecule has 0 unspecified atom stereocenters. The number of benzene rings is 2. The van der Waals surface area contributed by atoms with Crippen molar-refractivity contribution < 1.29 is 24.4 Å². The lowest BCUT2D eigenvalue weighted by Gasteiger charge is -2.30. The molecule has 164 valence electrons. The van der Waals surface area contributed by atoms with E-state index in [0.717, 1.165) is 6.42 Å². The number of aliphatic hydroxyl groups is 1. The van der Waals surface area contributed by atoms with Gasteiger partial charge in [0.1, 0.15) is 11.2 Å². The molecule has 0 amide bonds. The van der Waals surface area contributed by atoms with Crippen molar-refractivity contribution in [3.05, 3.63) is 81.9 Å². The molecule has 7 heteroatoms. The maximum atomic E-state index is 13.4. The fourth-order valence-electron chi connectivity index (χ4n) is 4.73. The Labute approximate surface area is 181 Å². The smallest absolute Gasteiger partial charge is 0.320 e. The van der Waals surface area contributed by atoms with Crippen LogP contribution in [0.5, 0.6) is 0 Å². The van der Waals surface area contributed by atoms with Crippen LogP contribution in [0.25, 0.3) is 0 Å². The quantitative estimate of drug-likeness (QED) is 0.228. The molecule has 0 spiro atoms. The average Bonchev–Trinajstić information content (AvgIpc) is 3.07. The number of carbonyl (C=O) groups is 2. The van der Waals surface area contributed by atoms with E-state index in [9.17, 15) is 24.8 Å². The second-order valence-electron chi connectivity index (χ2n) is 8.10. The minimum atomic E-state index is -2.03. The van der Waals surface area contributed by atoms with Crippen molar-refractivity contribution in [2.75, 3.05) is 6.61 Å². The minimum Gasteiger partial charge on any atom is -0.465 e. The van der Waals surface area contributed by atoms with Crippen molar-refractivity contribution >= 4 is 11.8 Å². The Balaban J connectivity index is 2.25. The summed E-state index contributed by atoms with van der Waals surface area (Å²) in [5, 5.41) is 24.1. The van der Waals surface area contributed by atoms with Gasteiger partial charge >= 0.3 is 5.97 Å². The van der Waals surface area contributed by atoms with Crippen LogP contribution in [0.4, 0.5) is 0 Å². The molecule has 0 saturated heterocycles. The third-order valence-electron chi connectivity index (χ3n) is 6.27. The van der Waals surface area contributed by atoms with Gasteiger partial charge in [0, 0.05) is 11.3 Å². The van der Waals surface area contributed by atoms with Crippen LogP contribution < -0.4 is 0 Å². The number of unbranched alkanes of at least 4 members (excludes halogenated alkanes) is 1. The summed E-state index contributed by atoms with van der Waals surface area (Å²) in [7, 11) is 0. The standard InChI is InChI=1S/C24H27NO6/c1-3-4-15-31-22(27)23(17(2)26)16-24(28,19-13-9-6-10-14-19)21(25(29)30)20(23)18-11-7-5-8-12-18/h5-14,20-21,28H,3-4,15-16H2,1-2H3/t20-,21-,23-,24-/m0/s1. The van der Waals surface area contributed by atoms with Gasteiger partial charge in [0.05, 0.1) is 12.5 Å². The Kier molecular flexibility index (Phi) is 6.55. The number of hydrogen-bond acceptors (Lipinski definition) is 6. The molecule has 0 radical (unpaired) electrons. The van der Waals surface area contributed by atoms with Gasteiger partial charge in [-0.25, -0.2) is 0 Å². The second-order valence-corrected chi connectivity index (χ2v) is 8.10. The first-order valence-electron chi connectivity index (χ1n) is 10.4. The van der Waals surface area contributed by atoms with Crippen molar-refractivity contribution in [2.45, 2.75) is 50.7 Å². The number of esters is 1. The normalized spacial score (nSPS) is 27.6. The van der Waals surface area contributed by atoms with Crippen LogP contribution in [0, 0.1) is 15.5 Å². The van der Waals surface area contributed by atoms with E-state index in [1.807, 2.05) is 6.92 Å². The Morgan fingerprint density at radius 2 is 1.71 bits per heavy atom. The topological polar surface area (TPSA) is 107 Å². The predicted molar refractivity (Wildman–Crippen MR) is 114 cm³/mol. The fraction of sp³-hybridized carbons (Fsp3) is 0.417. The van der Waals surface area contributed by atoms with Crippen LogP contribution in [-0.4, -0.2) is 34.4 Å². The minimum absolute atomic E-state index is 0.110. The molecular weight excluding hydrogens is 398 g/mol. The number of nitro groups is 1. The number of ketones is 1. The molecule has 4 atom stereocenters. The molecule has 2 aromatic carbocycles. The highest BCUT2D eigenvalue weighted by molar-refractivity contribution is 6.04. The Morgan fingerprint density at radius 1 is 1.13 bits per heavy atom. The van der Waals surface area contributed by atoms with Crippen molar-refractivity contribution in [1.29, 1.82) is 0 Å². The van der Waals surface area contributed by atoms with Crippen LogP contribution in [0.1, 0.15) is 50.2 Å². The van der Waals surface area contributed by atoms with Crippen LogP contribution in [0.15, 0.2) is 60.7 Å². The largest absolute Gasteiger partial charge is 0.465 e. The van der Waals surface area contributed by atoms with Crippen LogP contribution in [-0.2, 0) is 19.9 Å². The third-order valence-corrected chi connectivity index (χ3v) is 6.27. The van der Waals surface area contributed by atoms with E-state index in [1.165, 1.54) is 6.92 Å². The van der Waals surface area contributed by atoms with Gasteiger partial charge in [0.2, 0.25) is 0 Å². The van der Waals surface area contributed by atoms with Crippen LogP contribution >= 0.6 is 0 Å². The molecule has 1 saturated carbocycles. The number of hydrogen-bond donors (Lipinski definition) is 1. The Bertz CT molecular complexity index is 947. The van der Waals surface area contributed by atoms with E-state index in [-0.39, 0.29) is 6.61 Å². The molecule has 0 aliphatic heterocycles. The average molecular weight is 425 g/mol. The number of rotatable bonds is 8. The monoisotopic (exact) mass is 425 g/mol. The second kappa shape index (κ2) is 8.98. The van der Waals surface area contributed by atoms with E-state index in [1.54, 1.807) is 60.7 Å². The molecule has 1 N–H and O–H groups in total. The first-order valence-corrected chi connectivity index (χ1v) is 10.4. The summed E-state index contributed by atoms with van der Waals surface area (Å²) in [5.41, 5.74) is -3.17. The zero-order chi connectivity index (χ0) is 22.6. The zero-order valence-corrected chi connectivity index (χ0v) is 17.7. The van der Waals surface area contributed by atoms with Gasteiger partial charge in [-0.2, -0.15) is 0 Å². The molecule has 1 aliphatic rings. The van der Waals surface area contributed by atoms with Crippen molar-refractivity contribution in [3.63, 3.8) is 0 Å². The summed E-state index contributed by atoms with van der Waals surface area (Å²) in [6.45, 7) is 3.29. The lowest BCUT2D eigenvalue weighted by molar-refractivity contribution is -0.547. The van der Waals surface area contributed by atoms with Crippen molar-refractivity contribution in [1.82, 2.24) is 0 Å². The molecule has 1 fully saturated rings. The summed E-state index contributed by atoms with van der Waals surface area (Å²) >= 11 is 0. The third kappa shape index (κ3) is 3.85. The van der Waals surface area contributed by atoms with E-state index in [2.05, 4.69) is 0 Å². The van der Waals surface area contributed by atoms with Crippen molar-refractivity contribution in [2.24, 2.45) is 5.41 Å². The van der Waals surface area contributed by atoms with Gasteiger partial charge in [0.25, 0.3) is 6.04 Å². The van der Waals surface area contributed by atoms with Crippen LogP contribution in [0.3, 0.4) is 0 Å². The van der Waals surface area contributed by atoms with Gasteiger partial charge in [-0.15, -0.1) is 0 Å². The molecule has 7 nitrogen and oxygen atoms in total. The van der Waals surface area contributed by atoms with Crippen LogP contribution in [0.2, 0.25) is 0 Å². The first kappa shape index (κ1) is 22.6. The summed E-state index contributed by atoms with van der Waals surface area (Å²) in [6.07, 6.45) is 0.973. The number of ether oxygens (including phenoxy) is 1. The molecule has 0 bridgehead atoms. The fourth-order valence-corrected chi connectivity index (χ4v) is 4.73. The predicted octanol–water partition coefficient (Wildman–Crippen LogP) is 3.63. The molecule has 2 aromatic rings. The molecule has 3 rings (SSSR count). The Morgan fingerprint density at radius 3 is 2.23 bits per heavy atom. The van der Waals surface area contributed by atoms with Crippen molar-refractivity contribution in [3.8, 4) is 0 Å². The summed E-state index contributed by atoms with van der Waals surface area (Å²) in [4.78, 5) is 38.2. The maximum Gasteiger partial charge on any atom is 0.320 e. The molecule has 31 heavy (non-hydrogen) atoms. The highest BCUT2D eigenvalue weighted by Crippen LogP contribution is 2.59. The molecule has 0 aromatic heterocycles. The highest BCUT2D eigenvalue weighted by atomic mass is 16.6. The Hall–Kier alpha value is -3.06. The maximum absolute atomic E-state index is 13.4. The van der Waals surface area contributed by atoms with E-state index < -0.39 is 46.1 Å².